The topological polar surface area (TPSA) is 15.6 Å². The highest BCUT2D eigenvalue weighted by Gasteiger charge is 2.20. The van der Waals surface area contributed by atoms with Crippen LogP contribution in [0.25, 0.3) is 10.8 Å². The Kier molecular flexibility index (Phi) is 1.59. The quantitative estimate of drug-likeness (QED) is 0.657. The molecule has 0 aromatic heterocycles. The van der Waals surface area contributed by atoms with Crippen LogP contribution in [0.2, 0.25) is 0 Å². The summed E-state index contributed by atoms with van der Waals surface area (Å²) in [4.78, 5) is 6.82. The molecule has 0 unspecified atom stereocenters. The molecule has 2 heteroatoms. The van der Waals surface area contributed by atoms with Gasteiger partial charge in [0.05, 0.1) is 11.4 Å². The van der Waals surface area contributed by atoms with Crippen molar-refractivity contribution in [3.8, 4) is 0 Å². The van der Waals surface area contributed by atoms with Gasteiger partial charge in [0, 0.05) is 11.6 Å². The summed E-state index contributed by atoms with van der Waals surface area (Å²) in [5, 5.41) is 2.48. The third-order valence-corrected chi connectivity index (χ3v) is 3.19. The van der Waals surface area contributed by atoms with Crippen molar-refractivity contribution >= 4 is 28.0 Å². The van der Waals surface area contributed by atoms with Crippen molar-refractivity contribution in [2.24, 2.45) is 4.99 Å². The van der Waals surface area contributed by atoms with Crippen LogP contribution >= 0.6 is 0 Å². The summed E-state index contributed by atoms with van der Waals surface area (Å²) < 4.78 is 0. The first-order chi connectivity index (χ1) is 8.43. The Morgan fingerprint density at radius 2 is 1.82 bits per heavy atom. The van der Waals surface area contributed by atoms with Gasteiger partial charge in [-0.15, -0.1) is 0 Å². The largest absolute Gasteiger partial charge is 0.301 e. The molecule has 2 nitrogen and oxygen atoms in total. The fraction of sp³-hybridized carbons (Fsp3) is 0. The van der Waals surface area contributed by atoms with Gasteiger partial charge >= 0.3 is 0 Å². The lowest BCUT2D eigenvalue weighted by molar-refractivity contribution is 1.30. The minimum Gasteiger partial charge on any atom is -0.301 e. The normalized spacial score (nSPS) is 16.0. The summed E-state index contributed by atoms with van der Waals surface area (Å²) in [7, 11) is 0. The van der Waals surface area contributed by atoms with Gasteiger partial charge in [0.2, 0.25) is 0 Å². The summed E-state index contributed by atoms with van der Waals surface area (Å²) in [6.45, 7) is 0. The van der Waals surface area contributed by atoms with Gasteiger partial charge < -0.3 is 4.90 Å². The standard InChI is InChI=1S/C15H10N2/c1-2-10-17-13-8-4-6-11-5-3-7-12(15(11)13)16-14(17)9-1/h1-10H. The summed E-state index contributed by atoms with van der Waals surface area (Å²) in [6.07, 6.45) is 8.15. The van der Waals surface area contributed by atoms with E-state index in [1.807, 2.05) is 18.2 Å². The molecule has 80 valence electrons. The van der Waals surface area contributed by atoms with Crippen molar-refractivity contribution in [1.29, 1.82) is 0 Å². The van der Waals surface area contributed by atoms with E-state index in [1.54, 1.807) is 0 Å². The maximum atomic E-state index is 4.69. The van der Waals surface area contributed by atoms with Crippen molar-refractivity contribution in [2.45, 2.75) is 0 Å². The van der Waals surface area contributed by atoms with Gasteiger partial charge in [0.15, 0.2) is 0 Å². The molecule has 0 saturated carbocycles. The van der Waals surface area contributed by atoms with Crippen LogP contribution in [0.5, 0.6) is 0 Å². The predicted molar refractivity (Wildman–Crippen MR) is 71.8 cm³/mol. The van der Waals surface area contributed by atoms with Crippen LogP contribution in [0.15, 0.2) is 65.8 Å². The second kappa shape index (κ2) is 3.08. The van der Waals surface area contributed by atoms with Crippen molar-refractivity contribution in [2.75, 3.05) is 4.90 Å². The second-order valence-electron chi connectivity index (χ2n) is 4.19. The molecule has 0 aliphatic carbocycles. The fourth-order valence-corrected chi connectivity index (χ4v) is 2.45. The Labute approximate surface area is 99.2 Å². The zero-order valence-corrected chi connectivity index (χ0v) is 9.17. The van der Waals surface area contributed by atoms with Crippen LogP contribution in [0.3, 0.4) is 0 Å². The summed E-state index contributed by atoms with van der Waals surface area (Å²) in [6, 6.07) is 12.6. The van der Waals surface area contributed by atoms with E-state index in [9.17, 15) is 0 Å². The van der Waals surface area contributed by atoms with Gasteiger partial charge in [-0.2, -0.15) is 0 Å². The van der Waals surface area contributed by atoms with Crippen LogP contribution in [0, 0.1) is 0 Å². The smallest absolute Gasteiger partial charge is 0.137 e. The number of rotatable bonds is 0. The molecule has 0 radical (unpaired) electrons. The molecule has 0 saturated heterocycles. The molecular weight excluding hydrogens is 208 g/mol. The predicted octanol–water partition coefficient (Wildman–Crippen LogP) is 3.77. The first-order valence-corrected chi connectivity index (χ1v) is 5.68. The Hall–Kier alpha value is -2.35. The minimum atomic E-state index is 0.985. The maximum Gasteiger partial charge on any atom is 0.137 e. The Balaban J connectivity index is 2.16. The van der Waals surface area contributed by atoms with Crippen molar-refractivity contribution in [3.63, 3.8) is 0 Å². The van der Waals surface area contributed by atoms with E-state index in [0.29, 0.717) is 0 Å². The van der Waals surface area contributed by atoms with Crippen LogP contribution in [0.4, 0.5) is 11.4 Å². The summed E-state index contributed by atoms with van der Waals surface area (Å²) in [5.41, 5.74) is 2.27. The number of hydrogen-bond acceptors (Lipinski definition) is 2. The van der Waals surface area contributed by atoms with Gasteiger partial charge in [-0.05, 0) is 29.7 Å². The van der Waals surface area contributed by atoms with E-state index < -0.39 is 0 Å². The number of benzene rings is 2. The first kappa shape index (κ1) is 8.76. The highest BCUT2D eigenvalue weighted by molar-refractivity contribution is 6.19. The average Bonchev–Trinajstić information content (AvgIpc) is 2.39. The summed E-state index contributed by atoms with van der Waals surface area (Å²) >= 11 is 0. The van der Waals surface area contributed by atoms with Crippen molar-refractivity contribution in [1.82, 2.24) is 0 Å². The molecule has 2 aromatic rings. The van der Waals surface area contributed by atoms with E-state index in [1.165, 1.54) is 16.5 Å². The maximum absolute atomic E-state index is 4.69. The molecular formula is C15H10N2. The van der Waals surface area contributed by atoms with Crippen molar-refractivity contribution < 1.29 is 0 Å². The molecule has 0 atom stereocenters. The molecule has 0 spiro atoms. The van der Waals surface area contributed by atoms with Gasteiger partial charge in [0.1, 0.15) is 5.84 Å². The van der Waals surface area contributed by atoms with Crippen LogP contribution < -0.4 is 4.90 Å². The van der Waals surface area contributed by atoms with E-state index >= 15 is 0 Å². The number of fused-ring (bicyclic) bond motifs is 2. The highest BCUT2D eigenvalue weighted by atomic mass is 15.2. The lowest BCUT2D eigenvalue weighted by Gasteiger charge is -2.28. The highest BCUT2D eigenvalue weighted by Crippen LogP contribution is 2.39. The van der Waals surface area contributed by atoms with Gasteiger partial charge in [-0.1, -0.05) is 30.3 Å². The average molecular weight is 218 g/mol. The van der Waals surface area contributed by atoms with E-state index in [2.05, 4.69) is 47.5 Å². The van der Waals surface area contributed by atoms with E-state index in [0.717, 1.165) is 11.5 Å². The summed E-state index contributed by atoms with van der Waals surface area (Å²) in [5.74, 6) is 0.985. The monoisotopic (exact) mass is 218 g/mol. The molecule has 0 fully saturated rings. The molecule has 0 N–H and O–H groups in total. The minimum absolute atomic E-state index is 0.985. The number of aliphatic imine (C=N–C) groups is 1. The van der Waals surface area contributed by atoms with Gasteiger partial charge in [-0.3, -0.25) is 0 Å². The van der Waals surface area contributed by atoms with E-state index in [-0.39, 0.29) is 0 Å². The third-order valence-electron chi connectivity index (χ3n) is 3.19. The Morgan fingerprint density at radius 3 is 2.76 bits per heavy atom. The molecule has 2 heterocycles. The molecule has 2 aromatic carbocycles. The lowest BCUT2D eigenvalue weighted by atomic mass is 10.0. The molecule has 0 bridgehead atoms. The van der Waals surface area contributed by atoms with Crippen LogP contribution in [-0.2, 0) is 0 Å². The first-order valence-electron chi connectivity index (χ1n) is 5.68. The molecule has 0 amide bonds. The second-order valence-corrected chi connectivity index (χ2v) is 4.19. The van der Waals surface area contributed by atoms with Gasteiger partial charge in [-0.25, -0.2) is 4.99 Å². The number of amidine groups is 1. The zero-order chi connectivity index (χ0) is 11.2. The Bertz CT molecular complexity index is 703. The van der Waals surface area contributed by atoms with Crippen LogP contribution in [0.1, 0.15) is 0 Å². The molecule has 17 heavy (non-hydrogen) atoms. The number of nitrogens with zero attached hydrogens (tertiary/aromatic N) is 2. The number of anilines is 1. The third kappa shape index (κ3) is 1.12. The van der Waals surface area contributed by atoms with Crippen molar-refractivity contribution in [3.05, 3.63) is 60.8 Å². The molecule has 4 rings (SSSR count). The Morgan fingerprint density at radius 1 is 0.941 bits per heavy atom. The molecule has 2 aliphatic rings. The zero-order valence-electron chi connectivity index (χ0n) is 9.17. The fourth-order valence-electron chi connectivity index (χ4n) is 2.45. The SMILES string of the molecule is C1=CC2=Nc3cccc4cccc(c34)N2C=C1. The number of hydrogen-bond donors (Lipinski definition) is 0. The van der Waals surface area contributed by atoms with Gasteiger partial charge in [0.25, 0.3) is 0 Å². The lowest BCUT2D eigenvalue weighted by Crippen LogP contribution is -2.26. The van der Waals surface area contributed by atoms with E-state index in [4.69, 9.17) is 4.99 Å². The number of allylic oxidation sites excluding steroid dienone is 2. The van der Waals surface area contributed by atoms with Crippen LogP contribution in [-0.4, -0.2) is 5.84 Å². The molecule has 2 aliphatic heterocycles.